The van der Waals surface area contributed by atoms with Crippen LogP contribution in [0.3, 0.4) is 0 Å². The summed E-state index contributed by atoms with van der Waals surface area (Å²) in [7, 11) is 1.67. The fraction of sp³-hybridized carbons (Fsp3) is 0.143. The topological polar surface area (TPSA) is 26.3 Å². The second kappa shape index (κ2) is 15.6. The van der Waals surface area contributed by atoms with Gasteiger partial charge in [0.15, 0.2) is 3.57 Å². The van der Waals surface area contributed by atoms with E-state index in [0.29, 0.717) is 23.0 Å². The third-order valence-corrected chi connectivity index (χ3v) is 1.84. The molecule has 0 N–H and O–H groups in total. The van der Waals surface area contributed by atoms with Crippen molar-refractivity contribution >= 4 is 23.0 Å². The molecule has 0 amide bonds. The van der Waals surface area contributed by atoms with E-state index in [-0.39, 0.29) is 14.1 Å². The molecule has 1 aromatic rings. The Morgan fingerprint density at radius 3 is 1.71 bits per heavy atom. The van der Waals surface area contributed by atoms with Crippen LogP contribution >= 0.6 is 0 Å². The molecule has 0 aliphatic carbocycles. The van der Waals surface area contributed by atoms with Crippen LogP contribution in [-0.2, 0) is 3.02 Å². The Hall–Kier alpha value is 0.158. The molecular weight excluding hydrogens is 422 g/mol. The fourth-order valence-electron chi connectivity index (χ4n) is 0.576. The Labute approximate surface area is 108 Å². The zero-order chi connectivity index (χ0) is 8.69. The van der Waals surface area contributed by atoms with Gasteiger partial charge in [0, 0.05) is 0 Å². The molecule has 0 atom stereocenters. The van der Waals surface area contributed by atoms with E-state index in [1.54, 1.807) is 7.11 Å². The Balaban J connectivity index is -0.0000000942. The molecule has 2 nitrogen and oxygen atoms in total. The monoisotopic (exact) mass is 432 g/mol. The van der Waals surface area contributed by atoms with Crippen LogP contribution in [0.25, 0.3) is 0 Å². The van der Waals surface area contributed by atoms with Crippen molar-refractivity contribution in [1.29, 1.82) is 0 Å². The molecule has 1 rings (SSSR count). The number of halogens is 4. The van der Waals surface area contributed by atoms with E-state index in [9.17, 15) is 0 Å². The molecule has 0 aliphatic heterocycles. The van der Waals surface area contributed by atoms with Gasteiger partial charge in [-0.1, -0.05) is 0 Å². The molecule has 0 bridgehead atoms. The van der Waals surface area contributed by atoms with E-state index >= 15 is 0 Å². The molecule has 0 spiro atoms. The van der Waals surface area contributed by atoms with Crippen molar-refractivity contribution in [2.24, 2.45) is 0 Å². The van der Waals surface area contributed by atoms with E-state index in [2.05, 4.69) is 0 Å². The van der Waals surface area contributed by atoms with Gasteiger partial charge in [0.25, 0.3) is 22.6 Å². The molecule has 0 aromatic heterocycles. The molecule has 0 heterocycles. The summed E-state index contributed by atoms with van der Waals surface area (Å²) in [6, 6.07) is 7.97. The Morgan fingerprint density at radius 1 is 1.07 bits per heavy atom. The SMILES string of the molecule is COc1ccc([IH+])cc1.F.F.F.[O]=[Sb]. The molecule has 0 unspecified atom stereocenters. The molecule has 14 heavy (non-hydrogen) atoms. The van der Waals surface area contributed by atoms with Crippen LogP contribution in [0.5, 0.6) is 5.75 Å². The van der Waals surface area contributed by atoms with Gasteiger partial charge in [-0.05, 0) is 24.3 Å². The molecule has 0 saturated heterocycles. The summed E-state index contributed by atoms with van der Waals surface area (Å²) >= 11 is 2.49. The van der Waals surface area contributed by atoms with Crippen molar-refractivity contribution in [3.05, 3.63) is 27.8 Å². The summed E-state index contributed by atoms with van der Waals surface area (Å²) in [6.07, 6.45) is 0. The van der Waals surface area contributed by atoms with Crippen LogP contribution in [0, 0.1) is 3.57 Å². The Morgan fingerprint density at radius 2 is 1.43 bits per heavy atom. The molecule has 7 heteroatoms. The van der Waals surface area contributed by atoms with Gasteiger partial charge in [0.1, 0.15) is 5.75 Å². The summed E-state index contributed by atoms with van der Waals surface area (Å²) in [5.74, 6) is 0.919. The average molecular weight is 433 g/mol. The van der Waals surface area contributed by atoms with Crippen molar-refractivity contribution < 1.29 is 44.5 Å². The minimum atomic E-state index is 0. The maximum absolute atomic E-state index is 8.30. The predicted molar refractivity (Wildman–Crippen MR) is 47.0 cm³/mol. The van der Waals surface area contributed by atoms with Crippen LogP contribution in [0.2, 0.25) is 0 Å². The first-order valence-corrected chi connectivity index (χ1v) is 5.03. The van der Waals surface area contributed by atoms with E-state index in [1.807, 2.05) is 46.9 Å². The zero-order valence-corrected chi connectivity index (χ0v) is 12.1. The Kier molecular flexibility index (Phi) is 26.5. The molecule has 0 fully saturated rings. The van der Waals surface area contributed by atoms with Gasteiger partial charge < -0.3 is 4.74 Å². The van der Waals surface area contributed by atoms with Gasteiger partial charge in [0.05, 0.1) is 7.11 Å². The van der Waals surface area contributed by atoms with Gasteiger partial charge in [-0.3, -0.25) is 14.1 Å². The van der Waals surface area contributed by atoms with Crippen LogP contribution in [-0.4, -0.2) is 30.1 Å². The van der Waals surface area contributed by atoms with E-state index < -0.39 is 0 Å². The van der Waals surface area contributed by atoms with Gasteiger partial charge in [0.2, 0.25) is 0 Å². The number of ether oxygens (including phenoxy) is 1. The van der Waals surface area contributed by atoms with Crippen LogP contribution in [0.15, 0.2) is 24.3 Å². The van der Waals surface area contributed by atoms with Gasteiger partial charge in [-0.15, -0.1) is 0 Å². The number of rotatable bonds is 1. The number of hydrogen-bond donors (Lipinski definition) is 0. The van der Waals surface area contributed by atoms with E-state index in [1.165, 1.54) is 3.57 Å². The normalized spacial score (nSPS) is 6.14. The van der Waals surface area contributed by atoms with Crippen molar-refractivity contribution in [3.63, 3.8) is 0 Å². The standard InChI is InChI=1S/C7H8IO.3FH.O.Sb/c1-9-7-4-2-6(8)3-5-7;;;;;/h2-5,8H,1H3;3*1H;;/q+1;;;;;. The zero-order valence-electron chi connectivity index (χ0n) is 7.21. The first-order chi connectivity index (χ1) is 5.33. The number of hydrogen-bond acceptors (Lipinski definition) is 2. The summed E-state index contributed by atoms with van der Waals surface area (Å²) in [5, 5.41) is 0. The first kappa shape index (κ1) is 23.8. The van der Waals surface area contributed by atoms with Crippen LogP contribution in [0.1, 0.15) is 0 Å². The average Bonchev–Trinajstić information content (AvgIpc) is 2.10. The summed E-state index contributed by atoms with van der Waals surface area (Å²) in [4.78, 5) is 0. The number of methoxy groups -OCH3 is 1. The predicted octanol–water partition coefficient (Wildman–Crippen LogP) is -1.89. The minimum absolute atomic E-state index is 0. The van der Waals surface area contributed by atoms with Gasteiger partial charge in [-0.25, -0.2) is 0 Å². The maximum atomic E-state index is 8.30. The van der Waals surface area contributed by atoms with Crippen molar-refractivity contribution in [2.75, 3.05) is 7.11 Å². The number of benzene rings is 1. The summed E-state index contributed by atoms with van der Waals surface area (Å²) in [6.45, 7) is 0. The van der Waals surface area contributed by atoms with Crippen molar-refractivity contribution in [2.45, 2.75) is 0 Å². The second-order valence-corrected chi connectivity index (χ2v) is 3.02. The molecule has 1 radical (unpaired) electrons. The summed E-state index contributed by atoms with van der Waals surface area (Å²) in [5.41, 5.74) is 0. The van der Waals surface area contributed by atoms with Gasteiger partial charge in [-0.2, -0.15) is 0 Å². The van der Waals surface area contributed by atoms with Crippen LogP contribution in [0.4, 0.5) is 14.1 Å². The molecule has 83 valence electrons. The molecule has 0 saturated carbocycles. The third-order valence-electron chi connectivity index (χ3n) is 1.06. The first-order valence-electron chi connectivity index (χ1n) is 2.82. The third kappa shape index (κ3) is 10.2. The van der Waals surface area contributed by atoms with E-state index in [4.69, 9.17) is 7.75 Å². The fourth-order valence-corrected chi connectivity index (χ4v) is 0.964. The molecule has 1 aromatic carbocycles. The van der Waals surface area contributed by atoms with Crippen LogP contribution < -0.4 is 27.3 Å². The van der Waals surface area contributed by atoms with E-state index in [0.717, 1.165) is 5.75 Å². The van der Waals surface area contributed by atoms with Gasteiger partial charge >= 0.3 is 26.0 Å². The quantitative estimate of drug-likeness (QED) is 0.383. The Bertz CT molecular complexity index is 211. The second-order valence-electron chi connectivity index (χ2n) is 1.68. The van der Waals surface area contributed by atoms with Crippen molar-refractivity contribution in [1.82, 2.24) is 0 Å². The summed E-state index contributed by atoms with van der Waals surface area (Å²) < 4.78 is 14.5. The van der Waals surface area contributed by atoms with Crippen molar-refractivity contribution in [3.8, 4) is 5.75 Å². The molecule has 0 aliphatic rings. The molecular formula is C7H11F3IO2Sb+.